The normalized spacial score (nSPS) is 17.3. The summed E-state index contributed by atoms with van der Waals surface area (Å²) in [5, 5.41) is 10.6. The highest BCUT2D eigenvalue weighted by atomic mass is 32.1. The summed E-state index contributed by atoms with van der Waals surface area (Å²) >= 11 is 1.23. The molecule has 0 saturated heterocycles. The van der Waals surface area contributed by atoms with E-state index in [2.05, 4.69) is 16.8 Å². The number of hydrogen-bond acceptors (Lipinski definition) is 5. The Bertz CT molecular complexity index is 952. The number of aliphatic hydroxyl groups is 1. The van der Waals surface area contributed by atoms with Crippen LogP contribution in [0.1, 0.15) is 45.9 Å². The summed E-state index contributed by atoms with van der Waals surface area (Å²) in [6, 6.07) is 2.86. The third kappa shape index (κ3) is 3.06. The van der Waals surface area contributed by atoms with E-state index in [1.165, 1.54) is 17.4 Å². The van der Waals surface area contributed by atoms with E-state index in [-0.39, 0.29) is 10.6 Å². The van der Waals surface area contributed by atoms with E-state index >= 15 is 0 Å². The second-order valence-electron chi connectivity index (χ2n) is 6.57. The number of ether oxygens (including phenoxy) is 1. The van der Waals surface area contributed by atoms with E-state index in [0.717, 1.165) is 17.7 Å². The number of nitrogens with two attached hydrogens (primary N) is 1. The number of carbonyl (C=O) groups is 1. The Kier molecular flexibility index (Phi) is 4.17. The first-order chi connectivity index (χ1) is 12.5. The zero-order valence-corrected chi connectivity index (χ0v) is 14.8. The molecule has 2 aromatic rings. The molecule has 2 aliphatic rings. The van der Waals surface area contributed by atoms with E-state index in [4.69, 9.17) is 10.5 Å². The van der Waals surface area contributed by atoms with E-state index in [9.17, 15) is 14.3 Å². The number of aromatic nitrogens is 1. The minimum atomic E-state index is -1.04. The van der Waals surface area contributed by atoms with Crippen LogP contribution in [0.2, 0.25) is 0 Å². The fraction of sp³-hybridized carbons (Fsp3) is 0.368. The first-order valence-corrected chi connectivity index (χ1v) is 9.29. The van der Waals surface area contributed by atoms with Crippen molar-refractivity contribution in [2.75, 3.05) is 6.61 Å². The molecule has 4 rings (SSSR count). The number of halogens is 1. The molecule has 5 nitrogen and oxygen atoms in total. The van der Waals surface area contributed by atoms with Crippen molar-refractivity contribution in [1.29, 1.82) is 0 Å². The third-order valence-electron chi connectivity index (χ3n) is 4.68. The summed E-state index contributed by atoms with van der Waals surface area (Å²) < 4.78 is 20.1. The molecule has 1 aromatic heterocycles. The quantitative estimate of drug-likeness (QED) is 0.754. The molecule has 2 heterocycles. The number of primary amides is 1. The largest absolute Gasteiger partial charge is 0.492 e. The Morgan fingerprint density at radius 2 is 2.15 bits per heavy atom. The molecule has 0 radical (unpaired) electrons. The lowest BCUT2D eigenvalue weighted by Gasteiger charge is -2.13. The van der Waals surface area contributed by atoms with Crippen LogP contribution in [-0.2, 0) is 6.42 Å². The van der Waals surface area contributed by atoms with Crippen molar-refractivity contribution in [1.82, 2.24) is 4.98 Å². The van der Waals surface area contributed by atoms with Crippen LogP contribution in [-0.4, -0.2) is 28.2 Å². The molecule has 134 valence electrons. The number of nitrogens with zero attached hydrogens (tertiary/aromatic N) is 1. The predicted octanol–water partition coefficient (Wildman–Crippen LogP) is 2.64. The molecule has 1 fully saturated rings. The zero-order chi connectivity index (χ0) is 18.3. The van der Waals surface area contributed by atoms with Crippen LogP contribution in [0, 0.1) is 17.7 Å². The van der Waals surface area contributed by atoms with Gasteiger partial charge < -0.3 is 15.6 Å². The topological polar surface area (TPSA) is 85.4 Å². The molecule has 0 spiro atoms. The van der Waals surface area contributed by atoms with Gasteiger partial charge in [-0.05, 0) is 31.7 Å². The molecule has 3 N–H and O–H groups in total. The molecular formula is C19H17FN2O3S. The highest BCUT2D eigenvalue weighted by Gasteiger charge is 2.29. The Balaban J connectivity index is 1.80. The van der Waals surface area contributed by atoms with Crippen molar-refractivity contribution in [2.45, 2.75) is 37.7 Å². The summed E-state index contributed by atoms with van der Waals surface area (Å²) in [5.74, 6) is 4.87. The van der Waals surface area contributed by atoms with Gasteiger partial charge in [-0.2, -0.15) is 0 Å². The summed E-state index contributed by atoms with van der Waals surface area (Å²) in [6.45, 7) is 0.366. The van der Waals surface area contributed by atoms with E-state index < -0.39 is 17.3 Å². The van der Waals surface area contributed by atoms with Crippen LogP contribution in [0.25, 0.3) is 11.3 Å². The van der Waals surface area contributed by atoms with Crippen LogP contribution in [0.5, 0.6) is 5.75 Å². The average molecular weight is 372 g/mol. The van der Waals surface area contributed by atoms with Gasteiger partial charge in [0.15, 0.2) is 5.01 Å². The molecule has 1 saturated carbocycles. The molecule has 7 heteroatoms. The fourth-order valence-electron chi connectivity index (χ4n) is 3.31. The number of rotatable bonds is 1. The maximum Gasteiger partial charge on any atom is 0.277 e. The smallest absolute Gasteiger partial charge is 0.277 e. The molecule has 26 heavy (non-hydrogen) atoms. The molecule has 0 bridgehead atoms. The minimum Gasteiger partial charge on any atom is -0.492 e. The SMILES string of the molecule is NC(=O)c1nc2c(s1)CCOc1cc(F)c(C#CC3(O)CCCC3)cc1-2. The van der Waals surface area contributed by atoms with E-state index in [1.54, 1.807) is 6.07 Å². The van der Waals surface area contributed by atoms with Gasteiger partial charge in [0.2, 0.25) is 0 Å². The monoisotopic (exact) mass is 372 g/mol. The summed E-state index contributed by atoms with van der Waals surface area (Å²) in [4.78, 5) is 16.6. The maximum absolute atomic E-state index is 14.5. The minimum absolute atomic E-state index is 0.175. The highest BCUT2D eigenvalue weighted by molar-refractivity contribution is 7.14. The first kappa shape index (κ1) is 17.0. The van der Waals surface area contributed by atoms with Crippen LogP contribution in [0.15, 0.2) is 12.1 Å². The number of amides is 1. The van der Waals surface area contributed by atoms with Crippen LogP contribution in [0.3, 0.4) is 0 Å². The van der Waals surface area contributed by atoms with Gasteiger partial charge in [0.1, 0.15) is 17.2 Å². The van der Waals surface area contributed by atoms with Gasteiger partial charge in [-0.3, -0.25) is 4.79 Å². The van der Waals surface area contributed by atoms with Gasteiger partial charge in [-0.1, -0.05) is 11.8 Å². The number of benzene rings is 1. The molecular weight excluding hydrogens is 355 g/mol. The molecule has 1 aliphatic heterocycles. The van der Waals surface area contributed by atoms with Crippen molar-refractivity contribution in [3.63, 3.8) is 0 Å². The average Bonchev–Trinajstić information content (AvgIpc) is 3.18. The van der Waals surface area contributed by atoms with Crippen molar-refractivity contribution in [2.24, 2.45) is 5.73 Å². The van der Waals surface area contributed by atoms with Gasteiger partial charge >= 0.3 is 0 Å². The standard InChI is InChI=1S/C19H17FN2O3S/c20-13-10-14-12(9-11(13)3-7-19(24)5-1-2-6-19)16-15(4-8-25-14)26-18(22-16)17(21)23/h9-10,24H,1-2,4-6,8H2,(H2,21,23). The van der Waals surface area contributed by atoms with E-state index in [0.29, 0.717) is 42.9 Å². The second-order valence-corrected chi connectivity index (χ2v) is 7.65. The lowest BCUT2D eigenvalue weighted by Crippen LogP contribution is -2.20. The second kappa shape index (κ2) is 6.38. The van der Waals surface area contributed by atoms with Gasteiger partial charge in [0.05, 0.1) is 17.9 Å². The molecule has 1 amide bonds. The molecule has 1 aromatic carbocycles. The Hall–Kier alpha value is -2.43. The van der Waals surface area contributed by atoms with Gasteiger partial charge in [0, 0.05) is 22.9 Å². The predicted molar refractivity (Wildman–Crippen MR) is 95.5 cm³/mol. The number of fused-ring (bicyclic) bond motifs is 3. The zero-order valence-electron chi connectivity index (χ0n) is 14.0. The Labute approximate surface area is 154 Å². The van der Waals surface area contributed by atoms with Crippen LogP contribution >= 0.6 is 11.3 Å². The number of hydrogen-bond donors (Lipinski definition) is 2. The number of thiazole rings is 1. The first-order valence-electron chi connectivity index (χ1n) is 8.47. The van der Waals surface area contributed by atoms with Crippen molar-refractivity contribution < 1.29 is 19.0 Å². The Morgan fingerprint density at radius 1 is 1.38 bits per heavy atom. The Morgan fingerprint density at radius 3 is 2.88 bits per heavy atom. The molecule has 1 aliphatic carbocycles. The summed E-state index contributed by atoms with van der Waals surface area (Å²) in [6.07, 6.45) is 3.62. The van der Waals surface area contributed by atoms with Crippen molar-refractivity contribution >= 4 is 17.2 Å². The van der Waals surface area contributed by atoms with Crippen molar-refractivity contribution in [3.8, 4) is 28.8 Å². The van der Waals surface area contributed by atoms with Gasteiger partial charge in [-0.25, -0.2) is 9.37 Å². The summed E-state index contributed by atoms with van der Waals surface area (Å²) in [5.41, 5.74) is 5.64. The van der Waals surface area contributed by atoms with Crippen LogP contribution in [0.4, 0.5) is 4.39 Å². The van der Waals surface area contributed by atoms with Gasteiger partial charge in [-0.15, -0.1) is 11.3 Å². The number of carbonyl (C=O) groups excluding carboxylic acids is 1. The fourth-order valence-corrected chi connectivity index (χ4v) is 4.22. The summed E-state index contributed by atoms with van der Waals surface area (Å²) in [7, 11) is 0. The molecule has 0 unspecified atom stereocenters. The maximum atomic E-state index is 14.5. The molecule has 0 atom stereocenters. The van der Waals surface area contributed by atoms with E-state index in [1.807, 2.05) is 0 Å². The third-order valence-corrected chi connectivity index (χ3v) is 5.81. The lowest BCUT2D eigenvalue weighted by atomic mass is 10.0. The lowest BCUT2D eigenvalue weighted by molar-refractivity contribution is 0.0999. The highest BCUT2D eigenvalue weighted by Crippen LogP contribution is 2.39. The van der Waals surface area contributed by atoms with Crippen LogP contribution < -0.4 is 10.5 Å². The van der Waals surface area contributed by atoms with Gasteiger partial charge in [0.25, 0.3) is 5.91 Å². The van der Waals surface area contributed by atoms with Crippen molar-refractivity contribution in [3.05, 3.63) is 33.4 Å².